The number of hydrogen-bond donors (Lipinski definition) is 2. The van der Waals surface area contributed by atoms with Gasteiger partial charge in [0.1, 0.15) is 0 Å². The van der Waals surface area contributed by atoms with E-state index in [0.717, 1.165) is 18.4 Å². The summed E-state index contributed by atoms with van der Waals surface area (Å²) in [6, 6.07) is 8.99. The molecule has 0 radical (unpaired) electrons. The number of nitrogens with zero attached hydrogens (tertiary/aromatic N) is 1. The molecule has 1 aromatic carbocycles. The van der Waals surface area contributed by atoms with Gasteiger partial charge in [-0.2, -0.15) is 10.7 Å². The molecule has 0 spiro atoms. The average Bonchev–Trinajstić information content (AvgIpc) is 2.92. The van der Waals surface area contributed by atoms with Gasteiger partial charge in [0, 0.05) is 0 Å². The highest BCUT2D eigenvalue weighted by Gasteiger charge is 2.16. The van der Waals surface area contributed by atoms with Crippen LogP contribution in [0.1, 0.15) is 42.9 Å². The number of nitriles is 1. The van der Waals surface area contributed by atoms with Gasteiger partial charge >= 0.3 is 0 Å². The fourth-order valence-corrected chi connectivity index (χ4v) is 2.15. The third kappa shape index (κ3) is 3.54. The van der Waals surface area contributed by atoms with Crippen LogP contribution in [0.3, 0.4) is 0 Å². The van der Waals surface area contributed by atoms with Gasteiger partial charge in [-0.1, -0.05) is 25.0 Å². The highest BCUT2D eigenvalue weighted by atomic mass is 16.7. The molecular formula is C14H18N2O2. The molecule has 0 saturated heterocycles. The smallest absolute Gasteiger partial charge is 0.0991 e. The number of hydrogen-bond acceptors (Lipinski definition) is 4. The second-order valence-electron chi connectivity index (χ2n) is 4.62. The maximum atomic E-state index is 9.93. The van der Waals surface area contributed by atoms with Crippen LogP contribution >= 0.6 is 0 Å². The lowest BCUT2D eigenvalue weighted by Crippen LogP contribution is -2.26. The average molecular weight is 246 g/mol. The lowest BCUT2D eigenvalue weighted by atomic mass is 10.1. The molecule has 2 N–H and O–H groups in total. The third-order valence-corrected chi connectivity index (χ3v) is 3.25. The van der Waals surface area contributed by atoms with Gasteiger partial charge in [-0.05, 0) is 30.5 Å². The molecule has 0 bridgehead atoms. The predicted octanol–water partition coefficient (Wildman–Crippen LogP) is 2.06. The lowest BCUT2D eigenvalue weighted by molar-refractivity contribution is -0.0372. The first-order chi connectivity index (χ1) is 8.79. The van der Waals surface area contributed by atoms with Gasteiger partial charge < -0.3 is 5.11 Å². The zero-order valence-electron chi connectivity index (χ0n) is 10.3. The van der Waals surface area contributed by atoms with Crippen molar-refractivity contribution in [2.75, 3.05) is 6.54 Å². The van der Waals surface area contributed by atoms with Crippen LogP contribution in [0.15, 0.2) is 24.3 Å². The normalized spacial score (nSPS) is 17.6. The Morgan fingerprint density at radius 1 is 1.33 bits per heavy atom. The zero-order chi connectivity index (χ0) is 12.8. The molecule has 1 aromatic rings. The fraction of sp³-hybridized carbons (Fsp3) is 0.500. The topological polar surface area (TPSA) is 65.3 Å². The Bertz CT molecular complexity index is 405. The van der Waals surface area contributed by atoms with Crippen molar-refractivity contribution in [1.82, 2.24) is 5.48 Å². The summed E-state index contributed by atoms with van der Waals surface area (Å²) in [7, 11) is 0. The first kappa shape index (κ1) is 13.0. The first-order valence-electron chi connectivity index (χ1n) is 6.36. The van der Waals surface area contributed by atoms with Crippen LogP contribution < -0.4 is 5.48 Å². The summed E-state index contributed by atoms with van der Waals surface area (Å²) in [6.07, 6.45) is 4.33. The fourth-order valence-electron chi connectivity index (χ4n) is 2.15. The molecule has 1 saturated carbocycles. The Labute approximate surface area is 107 Å². The van der Waals surface area contributed by atoms with Crippen molar-refractivity contribution >= 4 is 0 Å². The molecule has 1 fully saturated rings. The molecule has 4 heteroatoms. The number of hydroxylamine groups is 1. The van der Waals surface area contributed by atoms with Gasteiger partial charge in [-0.25, -0.2) is 0 Å². The van der Waals surface area contributed by atoms with Crippen LogP contribution in [-0.4, -0.2) is 17.8 Å². The largest absolute Gasteiger partial charge is 0.387 e. The number of aliphatic hydroxyl groups is 1. The van der Waals surface area contributed by atoms with Crippen LogP contribution in [0.25, 0.3) is 0 Å². The maximum Gasteiger partial charge on any atom is 0.0991 e. The molecule has 18 heavy (non-hydrogen) atoms. The van der Waals surface area contributed by atoms with Crippen molar-refractivity contribution < 1.29 is 9.94 Å². The molecular weight excluding hydrogens is 228 g/mol. The molecule has 96 valence electrons. The van der Waals surface area contributed by atoms with Crippen molar-refractivity contribution in [2.24, 2.45) is 0 Å². The van der Waals surface area contributed by atoms with Crippen LogP contribution in [0.2, 0.25) is 0 Å². The minimum Gasteiger partial charge on any atom is -0.387 e. The molecule has 1 aliphatic rings. The minimum atomic E-state index is -0.612. The van der Waals surface area contributed by atoms with E-state index in [1.165, 1.54) is 12.8 Å². The van der Waals surface area contributed by atoms with Crippen molar-refractivity contribution in [1.29, 1.82) is 5.26 Å². The Hall–Kier alpha value is -1.41. The first-order valence-corrected chi connectivity index (χ1v) is 6.36. The summed E-state index contributed by atoms with van der Waals surface area (Å²) in [6.45, 7) is 0.363. The Morgan fingerprint density at radius 3 is 2.61 bits per heavy atom. The van der Waals surface area contributed by atoms with Crippen LogP contribution in [0, 0.1) is 11.3 Å². The van der Waals surface area contributed by atoms with Crippen LogP contribution in [-0.2, 0) is 4.84 Å². The Kier molecular flexibility index (Phi) is 4.71. The standard InChI is InChI=1S/C14H18N2O2/c15-9-11-5-7-12(8-6-11)14(17)10-16-18-13-3-1-2-4-13/h5-8,13-14,16-17H,1-4,10H2. The summed E-state index contributed by atoms with van der Waals surface area (Å²) >= 11 is 0. The molecule has 2 rings (SSSR count). The molecule has 1 unspecified atom stereocenters. The number of nitrogens with one attached hydrogen (secondary N) is 1. The van der Waals surface area contributed by atoms with Crippen molar-refractivity contribution in [3.05, 3.63) is 35.4 Å². The van der Waals surface area contributed by atoms with E-state index < -0.39 is 6.10 Å². The summed E-state index contributed by atoms with van der Waals surface area (Å²) in [5.74, 6) is 0. The molecule has 0 aromatic heterocycles. The van der Waals surface area contributed by atoms with E-state index in [2.05, 4.69) is 11.5 Å². The van der Waals surface area contributed by atoms with Crippen LogP contribution in [0.5, 0.6) is 0 Å². The van der Waals surface area contributed by atoms with Crippen molar-refractivity contribution in [2.45, 2.75) is 37.9 Å². The summed E-state index contributed by atoms with van der Waals surface area (Å²) in [5, 5.41) is 18.6. The molecule has 4 nitrogen and oxygen atoms in total. The summed E-state index contributed by atoms with van der Waals surface area (Å²) in [4.78, 5) is 5.48. The van der Waals surface area contributed by atoms with Gasteiger partial charge in [0.25, 0.3) is 0 Å². The lowest BCUT2D eigenvalue weighted by Gasteiger charge is -2.15. The van der Waals surface area contributed by atoms with Crippen molar-refractivity contribution in [3.8, 4) is 6.07 Å². The van der Waals surface area contributed by atoms with Crippen LogP contribution in [0.4, 0.5) is 0 Å². The SMILES string of the molecule is N#Cc1ccc(C(O)CNOC2CCCC2)cc1. The molecule has 0 heterocycles. The van der Waals surface area contributed by atoms with E-state index in [-0.39, 0.29) is 6.10 Å². The van der Waals surface area contributed by atoms with Gasteiger partial charge in [-0.3, -0.25) is 4.84 Å². The predicted molar refractivity (Wildman–Crippen MR) is 67.5 cm³/mol. The maximum absolute atomic E-state index is 9.93. The van der Waals surface area contributed by atoms with Crippen molar-refractivity contribution in [3.63, 3.8) is 0 Å². The molecule has 1 aliphatic carbocycles. The minimum absolute atomic E-state index is 0.290. The second-order valence-corrected chi connectivity index (χ2v) is 4.62. The van der Waals surface area contributed by atoms with E-state index in [9.17, 15) is 5.11 Å². The van der Waals surface area contributed by atoms with E-state index in [0.29, 0.717) is 12.1 Å². The summed E-state index contributed by atoms with van der Waals surface area (Å²) < 4.78 is 0. The molecule has 1 atom stereocenters. The van der Waals surface area contributed by atoms with Gasteiger partial charge in [0.05, 0.1) is 30.4 Å². The van der Waals surface area contributed by atoms with E-state index in [4.69, 9.17) is 10.1 Å². The van der Waals surface area contributed by atoms with Gasteiger partial charge in [0.15, 0.2) is 0 Å². The zero-order valence-corrected chi connectivity index (χ0v) is 10.3. The third-order valence-electron chi connectivity index (χ3n) is 3.25. The van der Waals surface area contributed by atoms with Gasteiger partial charge in [-0.15, -0.1) is 0 Å². The number of benzene rings is 1. The Balaban J connectivity index is 1.76. The van der Waals surface area contributed by atoms with E-state index >= 15 is 0 Å². The highest BCUT2D eigenvalue weighted by molar-refractivity contribution is 5.32. The number of rotatable bonds is 5. The van der Waals surface area contributed by atoms with Gasteiger partial charge in [0.2, 0.25) is 0 Å². The second kappa shape index (κ2) is 6.50. The monoisotopic (exact) mass is 246 g/mol. The molecule has 0 aliphatic heterocycles. The molecule has 0 amide bonds. The highest BCUT2D eigenvalue weighted by Crippen LogP contribution is 2.20. The number of aliphatic hydroxyl groups excluding tert-OH is 1. The summed E-state index contributed by atoms with van der Waals surface area (Å²) in [5.41, 5.74) is 4.23. The van der Waals surface area contributed by atoms with E-state index in [1.54, 1.807) is 24.3 Å². The Morgan fingerprint density at radius 2 is 2.00 bits per heavy atom. The quantitative estimate of drug-likeness (QED) is 0.780. The van der Waals surface area contributed by atoms with E-state index in [1.807, 2.05) is 0 Å².